The van der Waals surface area contributed by atoms with E-state index in [9.17, 15) is 5.11 Å². The lowest BCUT2D eigenvalue weighted by Crippen LogP contribution is -2.39. The third-order valence-corrected chi connectivity index (χ3v) is 5.62. The Labute approximate surface area is 129 Å². The van der Waals surface area contributed by atoms with E-state index in [0.29, 0.717) is 0 Å². The number of hydrogen-bond acceptors (Lipinski definition) is 7. The van der Waals surface area contributed by atoms with Crippen LogP contribution in [-0.2, 0) is 4.74 Å². The summed E-state index contributed by atoms with van der Waals surface area (Å²) in [6.45, 7) is 3.16. The largest absolute Gasteiger partial charge is 0.492 e. The topological polar surface area (TPSA) is 62.9 Å². The number of rotatable bonds is 3. The minimum atomic E-state index is 0.0439. The van der Waals surface area contributed by atoms with Gasteiger partial charge in [0.2, 0.25) is 10.8 Å². The first-order valence-corrected chi connectivity index (χ1v) is 8.41. The fraction of sp³-hybridized carbons (Fsp3) is 0.385. The van der Waals surface area contributed by atoms with Gasteiger partial charge in [-0.1, -0.05) is 17.4 Å². The molecule has 110 valence electrons. The van der Waals surface area contributed by atoms with Gasteiger partial charge in [0.15, 0.2) is 0 Å². The fourth-order valence-electron chi connectivity index (χ4n) is 2.63. The van der Waals surface area contributed by atoms with E-state index in [-0.39, 0.29) is 11.9 Å². The Balaban J connectivity index is 1.81. The number of morpholine rings is 1. The van der Waals surface area contributed by atoms with Crippen molar-refractivity contribution in [1.82, 2.24) is 19.5 Å². The van der Waals surface area contributed by atoms with Crippen molar-refractivity contribution >= 4 is 27.6 Å². The highest BCUT2D eigenvalue weighted by atomic mass is 32.1. The molecule has 0 bridgehead atoms. The molecule has 21 heavy (non-hydrogen) atoms. The summed E-state index contributed by atoms with van der Waals surface area (Å²) in [6.07, 6.45) is 1.46. The van der Waals surface area contributed by atoms with Crippen molar-refractivity contribution in [2.45, 2.75) is 6.04 Å². The van der Waals surface area contributed by atoms with Crippen LogP contribution in [0, 0.1) is 0 Å². The molecule has 1 aliphatic heterocycles. The highest BCUT2D eigenvalue weighted by Crippen LogP contribution is 2.41. The van der Waals surface area contributed by atoms with Crippen LogP contribution < -0.4 is 0 Å². The molecule has 4 rings (SSSR count). The lowest BCUT2D eigenvalue weighted by atomic mass is 10.1. The Bertz CT molecular complexity index is 731. The zero-order valence-corrected chi connectivity index (χ0v) is 12.8. The molecule has 4 heterocycles. The van der Waals surface area contributed by atoms with E-state index in [1.165, 1.54) is 27.1 Å². The molecule has 0 saturated carbocycles. The van der Waals surface area contributed by atoms with Crippen LogP contribution in [0.25, 0.3) is 4.96 Å². The molecule has 1 aliphatic rings. The molecular weight excluding hydrogens is 308 g/mol. The predicted octanol–water partition coefficient (Wildman–Crippen LogP) is 1.98. The molecule has 1 saturated heterocycles. The summed E-state index contributed by atoms with van der Waals surface area (Å²) in [6, 6.07) is 4.20. The van der Waals surface area contributed by atoms with Crippen LogP contribution in [0.4, 0.5) is 0 Å². The van der Waals surface area contributed by atoms with Crippen LogP contribution in [0.1, 0.15) is 15.8 Å². The summed E-state index contributed by atoms with van der Waals surface area (Å²) in [5, 5.41) is 16.6. The molecule has 1 fully saturated rings. The maximum absolute atomic E-state index is 10.5. The molecule has 3 aromatic heterocycles. The molecule has 0 aliphatic carbocycles. The molecular formula is C13H14N4O2S2. The van der Waals surface area contributed by atoms with Crippen molar-refractivity contribution in [2.75, 3.05) is 26.3 Å². The van der Waals surface area contributed by atoms with E-state index >= 15 is 0 Å². The van der Waals surface area contributed by atoms with E-state index in [4.69, 9.17) is 4.74 Å². The number of thiazole rings is 1. The molecule has 6 nitrogen and oxygen atoms in total. The highest BCUT2D eigenvalue weighted by molar-refractivity contribution is 7.17. The second kappa shape index (κ2) is 5.38. The van der Waals surface area contributed by atoms with Gasteiger partial charge in [-0.25, -0.2) is 4.98 Å². The third-order valence-electron chi connectivity index (χ3n) is 3.61. The van der Waals surface area contributed by atoms with E-state index in [1.807, 2.05) is 6.07 Å². The quantitative estimate of drug-likeness (QED) is 0.799. The van der Waals surface area contributed by atoms with Gasteiger partial charge in [-0.3, -0.25) is 4.90 Å². The average molecular weight is 322 g/mol. The van der Waals surface area contributed by atoms with Gasteiger partial charge >= 0.3 is 0 Å². The number of thiophene rings is 1. The molecule has 1 atom stereocenters. The normalized spacial score (nSPS) is 18.3. The Morgan fingerprint density at radius 1 is 1.33 bits per heavy atom. The van der Waals surface area contributed by atoms with Crippen molar-refractivity contribution in [3.63, 3.8) is 0 Å². The van der Waals surface area contributed by atoms with Gasteiger partial charge < -0.3 is 9.84 Å². The van der Waals surface area contributed by atoms with Crippen LogP contribution in [0.3, 0.4) is 0 Å². The van der Waals surface area contributed by atoms with Crippen molar-refractivity contribution in [2.24, 2.45) is 0 Å². The Kier molecular flexibility index (Phi) is 3.38. The fourth-order valence-corrected chi connectivity index (χ4v) is 4.65. The lowest BCUT2D eigenvalue weighted by Gasteiger charge is -2.33. The zero-order valence-electron chi connectivity index (χ0n) is 11.2. The summed E-state index contributed by atoms with van der Waals surface area (Å²) in [5.74, 6) is 0.192. The van der Waals surface area contributed by atoms with Crippen molar-refractivity contribution in [1.29, 1.82) is 0 Å². The molecule has 3 aromatic rings. The van der Waals surface area contributed by atoms with Gasteiger partial charge in [0.1, 0.15) is 6.33 Å². The van der Waals surface area contributed by atoms with Gasteiger partial charge in [-0.2, -0.15) is 9.61 Å². The summed E-state index contributed by atoms with van der Waals surface area (Å²) in [4.78, 5) is 9.36. The molecule has 0 aromatic carbocycles. The molecule has 0 amide bonds. The maximum Gasteiger partial charge on any atom is 0.230 e. The Hall–Kier alpha value is -1.48. The first kappa shape index (κ1) is 13.2. The van der Waals surface area contributed by atoms with Gasteiger partial charge in [0.05, 0.1) is 24.1 Å². The minimum absolute atomic E-state index is 0.0439. The van der Waals surface area contributed by atoms with E-state index in [0.717, 1.165) is 36.1 Å². The second-order valence-electron chi connectivity index (χ2n) is 4.81. The van der Waals surface area contributed by atoms with Crippen molar-refractivity contribution in [3.05, 3.63) is 33.6 Å². The Morgan fingerprint density at radius 3 is 2.90 bits per heavy atom. The maximum atomic E-state index is 10.5. The molecule has 1 N–H and O–H groups in total. The number of aromatic hydroxyl groups is 1. The third kappa shape index (κ3) is 2.24. The van der Waals surface area contributed by atoms with Crippen LogP contribution in [-0.4, -0.2) is 50.9 Å². The molecule has 0 radical (unpaired) electrons. The second-order valence-corrected chi connectivity index (χ2v) is 6.80. The van der Waals surface area contributed by atoms with Crippen LogP contribution >= 0.6 is 22.7 Å². The van der Waals surface area contributed by atoms with Crippen molar-refractivity contribution < 1.29 is 9.84 Å². The van der Waals surface area contributed by atoms with Crippen LogP contribution in [0.15, 0.2) is 23.8 Å². The number of fused-ring (bicyclic) bond motifs is 1. The number of ether oxygens (including phenoxy) is 1. The number of hydrogen-bond donors (Lipinski definition) is 1. The molecule has 0 spiro atoms. The zero-order chi connectivity index (χ0) is 14.2. The minimum Gasteiger partial charge on any atom is -0.492 e. The molecule has 8 heteroatoms. The van der Waals surface area contributed by atoms with Gasteiger partial charge in [0, 0.05) is 18.0 Å². The van der Waals surface area contributed by atoms with Crippen molar-refractivity contribution in [3.8, 4) is 5.88 Å². The standard InChI is InChI=1S/C13H14N4O2S2/c18-12-11(21-13-14-8-15-17(12)13)10(9-2-1-7-20-9)16-3-5-19-6-4-16/h1-2,7-8,10,18H,3-6H2/t10-/m0/s1. The first-order valence-electron chi connectivity index (χ1n) is 6.71. The number of nitrogens with zero attached hydrogens (tertiary/aromatic N) is 4. The van der Waals surface area contributed by atoms with Crippen LogP contribution in [0.5, 0.6) is 5.88 Å². The number of aromatic nitrogens is 3. The monoisotopic (exact) mass is 322 g/mol. The summed E-state index contributed by atoms with van der Waals surface area (Å²) < 4.78 is 6.95. The summed E-state index contributed by atoms with van der Waals surface area (Å²) in [7, 11) is 0. The highest BCUT2D eigenvalue weighted by Gasteiger charge is 2.30. The summed E-state index contributed by atoms with van der Waals surface area (Å²) >= 11 is 3.20. The van der Waals surface area contributed by atoms with E-state index in [2.05, 4.69) is 26.4 Å². The predicted molar refractivity (Wildman–Crippen MR) is 81.1 cm³/mol. The van der Waals surface area contributed by atoms with Gasteiger partial charge in [-0.15, -0.1) is 11.3 Å². The Morgan fingerprint density at radius 2 is 2.19 bits per heavy atom. The first-order chi connectivity index (χ1) is 10.3. The van der Waals surface area contributed by atoms with E-state index in [1.54, 1.807) is 11.3 Å². The summed E-state index contributed by atoms with van der Waals surface area (Å²) in [5.41, 5.74) is 0. The van der Waals surface area contributed by atoms with Crippen LogP contribution in [0.2, 0.25) is 0 Å². The smallest absolute Gasteiger partial charge is 0.230 e. The average Bonchev–Trinajstić information content (AvgIpc) is 3.22. The lowest BCUT2D eigenvalue weighted by molar-refractivity contribution is 0.0247. The van der Waals surface area contributed by atoms with Gasteiger partial charge in [-0.05, 0) is 11.4 Å². The van der Waals surface area contributed by atoms with E-state index < -0.39 is 0 Å². The molecule has 0 unspecified atom stereocenters. The van der Waals surface area contributed by atoms with Gasteiger partial charge in [0.25, 0.3) is 0 Å². The SMILES string of the molecule is Oc1c([C@H](c2cccs2)N2CCOCC2)sc2ncnn12.